The van der Waals surface area contributed by atoms with E-state index in [0.29, 0.717) is 5.76 Å². The van der Waals surface area contributed by atoms with Gasteiger partial charge in [-0.05, 0) is 56.3 Å². The molecule has 1 N–H and O–H groups in total. The highest BCUT2D eigenvalue weighted by Gasteiger charge is 2.28. The molecule has 2 aromatic rings. The lowest BCUT2D eigenvalue weighted by molar-refractivity contribution is 0.216. The normalized spacial score (nSPS) is 17.2. The topological polar surface area (TPSA) is 62.6 Å². The minimum Gasteiger partial charge on any atom is -0.468 e. The molecular weight excluding hydrogens is 355 g/mol. The molecule has 5 nitrogen and oxygen atoms in total. The molecule has 0 spiro atoms. The number of likely N-dealkylation sites (tertiary alicyclic amines) is 1. The number of benzene rings is 1. The van der Waals surface area contributed by atoms with Gasteiger partial charge >= 0.3 is 0 Å². The Labute approximate surface area is 145 Å². The molecule has 1 aromatic heterocycles. The largest absolute Gasteiger partial charge is 0.468 e. The Morgan fingerprint density at radius 2 is 2.04 bits per heavy atom. The van der Waals surface area contributed by atoms with Crippen LogP contribution in [0.2, 0.25) is 5.02 Å². The molecule has 1 saturated heterocycles. The van der Waals surface area contributed by atoms with Gasteiger partial charge in [0.25, 0.3) is 0 Å². The van der Waals surface area contributed by atoms with Crippen LogP contribution in [0.15, 0.2) is 45.9 Å². The van der Waals surface area contributed by atoms with Crippen molar-refractivity contribution in [2.24, 2.45) is 0 Å². The molecule has 0 aliphatic carbocycles. The van der Waals surface area contributed by atoms with Gasteiger partial charge < -0.3 is 4.42 Å². The van der Waals surface area contributed by atoms with E-state index in [4.69, 9.17) is 16.0 Å². The first-order valence-corrected chi connectivity index (χ1v) is 9.56. The molecule has 1 aromatic carbocycles. The summed E-state index contributed by atoms with van der Waals surface area (Å²) in [5, 5.41) is -0.141. The quantitative estimate of drug-likeness (QED) is 0.845. The van der Waals surface area contributed by atoms with Gasteiger partial charge in [0.1, 0.15) is 16.5 Å². The van der Waals surface area contributed by atoms with E-state index in [1.54, 1.807) is 12.3 Å². The second-order valence-electron chi connectivity index (χ2n) is 5.70. The minimum atomic E-state index is -3.84. The van der Waals surface area contributed by atoms with E-state index < -0.39 is 15.8 Å². The highest BCUT2D eigenvalue weighted by atomic mass is 35.5. The summed E-state index contributed by atoms with van der Waals surface area (Å²) in [6.45, 7) is 1.94. The lowest BCUT2D eigenvalue weighted by atomic mass is 10.2. The summed E-state index contributed by atoms with van der Waals surface area (Å²) in [4.78, 5) is 2.05. The van der Waals surface area contributed by atoms with Crippen LogP contribution in [0.5, 0.6) is 0 Å². The summed E-state index contributed by atoms with van der Waals surface area (Å²) in [6.07, 6.45) is 3.73. The molecule has 24 heavy (non-hydrogen) atoms. The Kier molecular flexibility index (Phi) is 5.24. The third-order valence-electron chi connectivity index (χ3n) is 4.10. The van der Waals surface area contributed by atoms with E-state index in [1.807, 2.05) is 6.07 Å². The summed E-state index contributed by atoms with van der Waals surface area (Å²) in [6, 6.07) is 6.66. The van der Waals surface area contributed by atoms with Crippen molar-refractivity contribution in [1.82, 2.24) is 9.62 Å². The molecule has 130 valence electrons. The Balaban J connectivity index is 1.78. The molecule has 2 heterocycles. The number of furan rings is 1. The number of hydrogen-bond donors (Lipinski definition) is 1. The molecule has 3 rings (SSSR count). The van der Waals surface area contributed by atoms with Crippen molar-refractivity contribution >= 4 is 21.6 Å². The molecule has 8 heteroatoms. The van der Waals surface area contributed by atoms with Gasteiger partial charge in [0.15, 0.2) is 0 Å². The lowest BCUT2D eigenvalue weighted by Crippen LogP contribution is -2.36. The first kappa shape index (κ1) is 17.4. The fourth-order valence-corrected chi connectivity index (χ4v) is 4.47. The van der Waals surface area contributed by atoms with Gasteiger partial charge in [0.2, 0.25) is 10.0 Å². The highest BCUT2D eigenvalue weighted by molar-refractivity contribution is 7.89. The van der Waals surface area contributed by atoms with Crippen molar-refractivity contribution < 1.29 is 17.2 Å². The van der Waals surface area contributed by atoms with Crippen LogP contribution in [0, 0.1) is 5.82 Å². The van der Waals surface area contributed by atoms with Crippen LogP contribution in [-0.4, -0.2) is 33.0 Å². The zero-order valence-corrected chi connectivity index (χ0v) is 14.5. The van der Waals surface area contributed by atoms with Gasteiger partial charge in [0, 0.05) is 6.54 Å². The maximum atomic E-state index is 13.1. The van der Waals surface area contributed by atoms with Gasteiger partial charge in [0.05, 0.1) is 17.3 Å². The first-order chi connectivity index (χ1) is 11.5. The molecule has 1 aliphatic heterocycles. The molecular formula is C16H18ClFN2O3S. The molecule has 1 atom stereocenters. The molecule has 1 aliphatic rings. The summed E-state index contributed by atoms with van der Waals surface area (Å²) in [7, 11) is -3.84. The van der Waals surface area contributed by atoms with Crippen molar-refractivity contribution in [3.8, 4) is 0 Å². The van der Waals surface area contributed by atoms with Crippen LogP contribution in [0.4, 0.5) is 4.39 Å². The standard InChI is InChI=1S/C16H18ClFN2O3S/c17-13-10-12(18)5-6-16(13)24(21,22)19-11-14(15-4-3-9-23-15)20-7-1-2-8-20/h3-6,9-10,14,19H,1-2,7-8,11H2/t14-/m1/s1. The van der Waals surface area contributed by atoms with Gasteiger partial charge in [-0.25, -0.2) is 17.5 Å². The second kappa shape index (κ2) is 7.23. The van der Waals surface area contributed by atoms with E-state index in [9.17, 15) is 12.8 Å². The van der Waals surface area contributed by atoms with Gasteiger partial charge in [-0.1, -0.05) is 11.6 Å². The average molecular weight is 373 g/mol. The molecule has 0 amide bonds. The van der Waals surface area contributed by atoms with Crippen LogP contribution in [0.1, 0.15) is 24.6 Å². The van der Waals surface area contributed by atoms with E-state index in [1.165, 1.54) is 0 Å². The van der Waals surface area contributed by atoms with Crippen LogP contribution < -0.4 is 4.72 Å². The number of nitrogens with one attached hydrogen (secondary N) is 1. The second-order valence-corrected chi connectivity index (χ2v) is 7.84. The highest BCUT2D eigenvalue weighted by Crippen LogP contribution is 2.26. The van der Waals surface area contributed by atoms with Crippen molar-refractivity contribution in [2.75, 3.05) is 19.6 Å². The zero-order chi connectivity index (χ0) is 17.2. The average Bonchev–Trinajstić information content (AvgIpc) is 3.20. The van der Waals surface area contributed by atoms with Crippen LogP contribution >= 0.6 is 11.6 Å². The number of rotatable bonds is 6. The third-order valence-corrected chi connectivity index (χ3v) is 6.01. The summed E-state index contributed by atoms with van der Waals surface area (Å²) in [5.41, 5.74) is 0. The Morgan fingerprint density at radius 3 is 2.67 bits per heavy atom. The molecule has 0 unspecified atom stereocenters. The number of hydrogen-bond acceptors (Lipinski definition) is 4. The molecule has 0 saturated carbocycles. The van der Waals surface area contributed by atoms with Gasteiger partial charge in [-0.2, -0.15) is 0 Å². The fourth-order valence-electron chi connectivity index (χ4n) is 2.90. The van der Waals surface area contributed by atoms with Gasteiger partial charge in [-0.15, -0.1) is 0 Å². The van der Waals surface area contributed by atoms with Crippen molar-refractivity contribution in [3.63, 3.8) is 0 Å². The van der Waals surface area contributed by atoms with Crippen molar-refractivity contribution in [2.45, 2.75) is 23.8 Å². The molecule has 1 fully saturated rings. The van der Waals surface area contributed by atoms with E-state index in [0.717, 1.165) is 44.1 Å². The SMILES string of the molecule is O=S(=O)(NC[C@H](c1ccco1)N1CCCC1)c1ccc(F)cc1Cl. The Morgan fingerprint density at radius 1 is 1.29 bits per heavy atom. The number of nitrogens with zero attached hydrogens (tertiary/aromatic N) is 1. The third kappa shape index (κ3) is 3.80. The van der Waals surface area contributed by atoms with Gasteiger partial charge in [-0.3, -0.25) is 4.90 Å². The Bertz CT molecular complexity index is 790. The number of sulfonamides is 1. The van der Waals surface area contributed by atoms with Crippen LogP contribution in [0.25, 0.3) is 0 Å². The van der Waals surface area contributed by atoms with Crippen LogP contribution in [-0.2, 0) is 10.0 Å². The summed E-state index contributed by atoms with van der Waals surface area (Å²) in [5.74, 6) is 0.134. The van der Waals surface area contributed by atoms with E-state index in [-0.39, 0.29) is 22.5 Å². The monoisotopic (exact) mass is 372 g/mol. The predicted octanol–water partition coefficient (Wildman–Crippen LogP) is 3.19. The van der Waals surface area contributed by atoms with Crippen molar-refractivity contribution in [3.05, 3.63) is 53.2 Å². The zero-order valence-electron chi connectivity index (χ0n) is 12.9. The maximum absolute atomic E-state index is 13.1. The summed E-state index contributed by atoms with van der Waals surface area (Å²) >= 11 is 5.87. The van der Waals surface area contributed by atoms with Crippen LogP contribution in [0.3, 0.4) is 0 Å². The smallest absolute Gasteiger partial charge is 0.242 e. The molecule has 0 radical (unpaired) electrons. The molecule has 0 bridgehead atoms. The Hall–Kier alpha value is -1.41. The summed E-state index contributed by atoms with van der Waals surface area (Å²) < 4.78 is 46.1. The van der Waals surface area contributed by atoms with E-state index >= 15 is 0 Å². The number of halogens is 2. The van der Waals surface area contributed by atoms with E-state index in [2.05, 4.69) is 9.62 Å². The lowest BCUT2D eigenvalue weighted by Gasteiger charge is -2.26. The maximum Gasteiger partial charge on any atom is 0.242 e. The predicted molar refractivity (Wildman–Crippen MR) is 88.9 cm³/mol. The van der Waals surface area contributed by atoms with Crippen molar-refractivity contribution in [1.29, 1.82) is 0 Å². The minimum absolute atomic E-state index is 0.134. The first-order valence-electron chi connectivity index (χ1n) is 7.69. The fraction of sp³-hybridized carbons (Fsp3) is 0.375.